The maximum atomic E-state index is 12.7. The van der Waals surface area contributed by atoms with Crippen LogP contribution in [0.2, 0.25) is 0 Å². The molecule has 1 heterocycles. The van der Waals surface area contributed by atoms with Crippen molar-refractivity contribution in [3.05, 3.63) is 41.5 Å². The second-order valence-corrected chi connectivity index (χ2v) is 3.90. The van der Waals surface area contributed by atoms with Crippen molar-refractivity contribution in [1.29, 1.82) is 0 Å². The number of nitrogens with zero attached hydrogens (tertiary/aromatic N) is 1. The topological polar surface area (TPSA) is 38.9 Å². The zero-order valence-corrected chi connectivity index (χ0v) is 8.62. The van der Waals surface area contributed by atoms with E-state index in [9.17, 15) is 4.39 Å². The van der Waals surface area contributed by atoms with Gasteiger partial charge >= 0.3 is 0 Å². The number of pyridine rings is 1. The number of rotatable bonds is 2. The molecule has 2 nitrogen and oxygen atoms in total. The molecule has 1 aromatic heterocycles. The van der Waals surface area contributed by atoms with Gasteiger partial charge in [0.2, 0.25) is 0 Å². The van der Waals surface area contributed by atoms with E-state index in [0.717, 1.165) is 18.5 Å². The van der Waals surface area contributed by atoms with Gasteiger partial charge in [-0.25, -0.2) is 4.39 Å². The van der Waals surface area contributed by atoms with E-state index in [-0.39, 0.29) is 11.9 Å². The van der Waals surface area contributed by atoms with Crippen molar-refractivity contribution >= 4 is 0 Å². The Kier molecular flexibility index (Phi) is 3.11. The Bertz CT molecular complexity index is 356. The zero-order chi connectivity index (χ0) is 10.7. The molecule has 0 bridgehead atoms. The molecule has 0 aromatic carbocycles. The molecule has 1 atom stereocenters. The van der Waals surface area contributed by atoms with Gasteiger partial charge in [-0.05, 0) is 37.8 Å². The van der Waals surface area contributed by atoms with Crippen molar-refractivity contribution < 1.29 is 4.39 Å². The van der Waals surface area contributed by atoms with E-state index in [1.54, 1.807) is 6.07 Å². The van der Waals surface area contributed by atoms with Crippen LogP contribution in [0, 0.1) is 5.82 Å². The van der Waals surface area contributed by atoms with Crippen LogP contribution in [-0.2, 0) is 0 Å². The Hall–Kier alpha value is -1.22. The Balaban J connectivity index is 2.16. The van der Waals surface area contributed by atoms with Crippen molar-refractivity contribution in [3.63, 3.8) is 0 Å². The first kappa shape index (κ1) is 10.3. The summed E-state index contributed by atoms with van der Waals surface area (Å²) in [5.41, 5.74) is 8.06. The summed E-state index contributed by atoms with van der Waals surface area (Å²) < 4.78 is 12.7. The Morgan fingerprint density at radius 3 is 2.80 bits per heavy atom. The van der Waals surface area contributed by atoms with Crippen molar-refractivity contribution in [2.45, 2.75) is 31.7 Å². The predicted molar refractivity (Wildman–Crippen MR) is 57.7 cm³/mol. The average molecular weight is 206 g/mol. The summed E-state index contributed by atoms with van der Waals surface area (Å²) in [5, 5.41) is 0. The lowest BCUT2D eigenvalue weighted by Crippen LogP contribution is -2.16. The highest BCUT2D eigenvalue weighted by atomic mass is 19.1. The molecule has 2 N–H and O–H groups in total. The lowest BCUT2D eigenvalue weighted by atomic mass is 9.92. The minimum absolute atomic E-state index is 0.161. The smallest absolute Gasteiger partial charge is 0.141 e. The van der Waals surface area contributed by atoms with Gasteiger partial charge in [-0.1, -0.05) is 11.6 Å². The standard InChI is InChI=1S/C12H15FN2/c13-10-6-7-11(15-8-10)12(14)9-4-2-1-3-5-9/h4,6-8,12H,1-3,5,14H2. The summed E-state index contributed by atoms with van der Waals surface area (Å²) in [5.74, 6) is -0.316. The summed E-state index contributed by atoms with van der Waals surface area (Å²) in [6, 6.07) is 2.91. The molecule has 0 aliphatic heterocycles. The second kappa shape index (κ2) is 4.53. The molecule has 1 unspecified atom stereocenters. The molecular weight excluding hydrogens is 191 g/mol. The molecule has 80 valence electrons. The Labute approximate surface area is 89.0 Å². The highest BCUT2D eigenvalue weighted by Gasteiger charge is 2.14. The van der Waals surface area contributed by atoms with Crippen molar-refractivity contribution in [2.75, 3.05) is 0 Å². The van der Waals surface area contributed by atoms with Gasteiger partial charge in [0.05, 0.1) is 17.9 Å². The van der Waals surface area contributed by atoms with Gasteiger partial charge in [0.1, 0.15) is 5.82 Å². The lowest BCUT2D eigenvalue weighted by molar-refractivity contribution is 0.610. The zero-order valence-electron chi connectivity index (χ0n) is 8.62. The average Bonchev–Trinajstić information content (AvgIpc) is 2.30. The van der Waals surface area contributed by atoms with Crippen molar-refractivity contribution in [3.8, 4) is 0 Å². The largest absolute Gasteiger partial charge is 0.319 e. The van der Waals surface area contributed by atoms with Gasteiger partial charge in [0.25, 0.3) is 0 Å². The third-order valence-electron chi connectivity index (χ3n) is 2.79. The van der Waals surface area contributed by atoms with Crippen LogP contribution in [0.3, 0.4) is 0 Å². The quantitative estimate of drug-likeness (QED) is 0.755. The van der Waals surface area contributed by atoms with Crippen molar-refractivity contribution in [2.24, 2.45) is 5.73 Å². The first-order valence-corrected chi connectivity index (χ1v) is 5.33. The molecule has 0 amide bonds. The van der Waals surface area contributed by atoms with Gasteiger partial charge in [-0.2, -0.15) is 0 Å². The third kappa shape index (κ3) is 2.42. The number of hydrogen-bond acceptors (Lipinski definition) is 2. The monoisotopic (exact) mass is 206 g/mol. The van der Waals surface area contributed by atoms with E-state index in [1.165, 1.54) is 30.7 Å². The summed E-state index contributed by atoms with van der Waals surface area (Å²) in [6.07, 6.45) is 8.00. The van der Waals surface area contributed by atoms with E-state index in [4.69, 9.17) is 5.73 Å². The molecule has 15 heavy (non-hydrogen) atoms. The second-order valence-electron chi connectivity index (χ2n) is 3.90. The minimum atomic E-state index is -0.316. The Morgan fingerprint density at radius 2 is 2.20 bits per heavy atom. The van der Waals surface area contributed by atoms with Crippen LogP contribution in [0.4, 0.5) is 4.39 Å². The van der Waals surface area contributed by atoms with Gasteiger partial charge in [-0.15, -0.1) is 0 Å². The van der Waals surface area contributed by atoms with E-state index in [1.807, 2.05) is 0 Å². The molecule has 0 saturated carbocycles. The van der Waals surface area contributed by atoms with Crippen LogP contribution in [0.1, 0.15) is 37.4 Å². The summed E-state index contributed by atoms with van der Waals surface area (Å²) >= 11 is 0. The van der Waals surface area contributed by atoms with Gasteiger partial charge in [0.15, 0.2) is 0 Å². The molecule has 1 aliphatic carbocycles. The highest BCUT2D eigenvalue weighted by Crippen LogP contribution is 2.26. The molecule has 1 aliphatic rings. The van der Waals surface area contributed by atoms with E-state index in [0.29, 0.717) is 0 Å². The molecule has 0 saturated heterocycles. The van der Waals surface area contributed by atoms with E-state index >= 15 is 0 Å². The third-order valence-corrected chi connectivity index (χ3v) is 2.79. The first-order chi connectivity index (χ1) is 7.27. The maximum Gasteiger partial charge on any atom is 0.141 e. The van der Waals surface area contributed by atoms with Crippen LogP contribution >= 0.6 is 0 Å². The van der Waals surface area contributed by atoms with Crippen LogP contribution in [-0.4, -0.2) is 4.98 Å². The SMILES string of the molecule is NC(C1=CCCCC1)c1ccc(F)cn1. The van der Waals surface area contributed by atoms with Crippen LogP contribution in [0.5, 0.6) is 0 Å². The molecule has 2 rings (SSSR count). The fourth-order valence-electron chi connectivity index (χ4n) is 1.91. The summed E-state index contributed by atoms with van der Waals surface area (Å²) in [6.45, 7) is 0. The van der Waals surface area contributed by atoms with Gasteiger partial charge in [-0.3, -0.25) is 4.98 Å². The van der Waals surface area contributed by atoms with Crippen molar-refractivity contribution in [1.82, 2.24) is 4.98 Å². The number of allylic oxidation sites excluding steroid dienone is 1. The first-order valence-electron chi connectivity index (χ1n) is 5.33. The van der Waals surface area contributed by atoms with Gasteiger partial charge < -0.3 is 5.73 Å². The van der Waals surface area contributed by atoms with E-state index in [2.05, 4.69) is 11.1 Å². The minimum Gasteiger partial charge on any atom is -0.319 e. The molecule has 0 fully saturated rings. The van der Waals surface area contributed by atoms with Crippen LogP contribution in [0.15, 0.2) is 30.0 Å². The lowest BCUT2D eigenvalue weighted by Gasteiger charge is -2.18. The summed E-state index contributed by atoms with van der Waals surface area (Å²) in [7, 11) is 0. The van der Waals surface area contributed by atoms with E-state index < -0.39 is 0 Å². The number of hydrogen-bond donors (Lipinski definition) is 1. The number of halogens is 1. The van der Waals surface area contributed by atoms with Gasteiger partial charge in [0, 0.05) is 0 Å². The summed E-state index contributed by atoms with van der Waals surface area (Å²) in [4.78, 5) is 4.01. The predicted octanol–water partition coefficient (Wildman–Crippen LogP) is 2.72. The Morgan fingerprint density at radius 1 is 1.33 bits per heavy atom. The fourth-order valence-corrected chi connectivity index (χ4v) is 1.91. The number of aromatic nitrogens is 1. The molecule has 1 aromatic rings. The molecule has 0 spiro atoms. The van der Waals surface area contributed by atoms with Crippen LogP contribution < -0.4 is 5.73 Å². The maximum absolute atomic E-state index is 12.7. The number of nitrogens with two attached hydrogens (primary N) is 1. The fraction of sp³-hybridized carbons (Fsp3) is 0.417. The molecule has 0 radical (unpaired) electrons. The highest BCUT2D eigenvalue weighted by molar-refractivity contribution is 5.22. The van der Waals surface area contributed by atoms with Crippen LogP contribution in [0.25, 0.3) is 0 Å². The molecular formula is C12H15FN2. The normalized spacial score (nSPS) is 18.4. The molecule has 3 heteroatoms.